The standard InChI is InChI=1S/C20H27N3O3/c1-3-26-13-16(24)11-23-9-8-18-17(12-23)20(25)22-19(21-18)10-15-7-5-4-6-14(15)2/h4-7,16,24H,3,8-13H2,1-2H3,(H,21,22,25). The van der Waals surface area contributed by atoms with Crippen LogP contribution >= 0.6 is 0 Å². The molecule has 2 heterocycles. The summed E-state index contributed by atoms with van der Waals surface area (Å²) in [5, 5.41) is 10.0. The van der Waals surface area contributed by atoms with Gasteiger partial charge in [-0.1, -0.05) is 24.3 Å². The Morgan fingerprint density at radius 1 is 1.38 bits per heavy atom. The molecule has 0 spiro atoms. The number of hydrogen-bond donors (Lipinski definition) is 2. The van der Waals surface area contributed by atoms with Crippen molar-refractivity contribution in [3.05, 3.63) is 62.8 Å². The zero-order chi connectivity index (χ0) is 18.5. The predicted molar refractivity (Wildman–Crippen MR) is 100 cm³/mol. The molecule has 2 N–H and O–H groups in total. The van der Waals surface area contributed by atoms with Crippen LogP contribution in [0.25, 0.3) is 0 Å². The molecule has 0 radical (unpaired) electrons. The molecule has 1 atom stereocenters. The van der Waals surface area contributed by atoms with Crippen molar-refractivity contribution in [1.29, 1.82) is 0 Å². The molecule has 6 nitrogen and oxygen atoms in total. The second-order valence-corrected chi connectivity index (χ2v) is 6.84. The first-order valence-corrected chi connectivity index (χ1v) is 9.20. The van der Waals surface area contributed by atoms with Crippen molar-refractivity contribution in [3.8, 4) is 0 Å². The van der Waals surface area contributed by atoms with Crippen molar-refractivity contribution in [2.24, 2.45) is 0 Å². The molecule has 0 saturated heterocycles. The number of nitrogens with one attached hydrogen (secondary N) is 1. The van der Waals surface area contributed by atoms with Crippen LogP contribution in [0.5, 0.6) is 0 Å². The summed E-state index contributed by atoms with van der Waals surface area (Å²) >= 11 is 0. The lowest BCUT2D eigenvalue weighted by molar-refractivity contribution is 0.0184. The Labute approximate surface area is 153 Å². The molecule has 1 aromatic carbocycles. The summed E-state index contributed by atoms with van der Waals surface area (Å²) in [4.78, 5) is 22.3. The fraction of sp³-hybridized carbons (Fsp3) is 0.500. The normalized spacial score (nSPS) is 15.7. The molecule has 1 aliphatic heterocycles. The summed E-state index contributed by atoms with van der Waals surface area (Å²) in [6.45, 7) is 6.70. The minimum absolute atomic E-state index is 0.0671. The zero-order valence-corrected chi connectivity index (χ0v) is 15.5. The van der Waals surface area contributed by atoms with Crippen molar-refractivity contribution in [3.63, 3.8) is 0 Å². The first-order valence-electron chi connectivity index (χ1n) is 9.20. The van der Waals surface area contributed by atoms with Gasteiger partial charge in [-0.25, -0.2) is 4.98 Å². The van der Waals surface area contributed by atoms with Gasteiger partial charge in [0.05, 0.1) is 24.0 Å². The van der Waals surface area contributed by atoms with E-state index in [1.54, 1.807) is 0 Å². The molecule has 0 bridgehead atoms. The van der Waals surface area contributed by atoms with Crippen LogP contribution in [0.15, 0.2) is 29.1 Å². The van der Waals surface area contributed by atoms with Gasteiger partial charge in [0, 0.05) is 39.1 Å². The molecule has 140 valence electrons. The number of aromatic amines is 1. The molecule has 0 amide bonds. The number of aryl methyl sites for hydroxylation is 1. The van der Waals surface area contributed by atoms with Crippen LogP contribution < -0.4 is 5.56 Å². The number of aliphatic hydroxyl groups is 1. The maximum Gasteiger partial charge on any atom is 0.255 e. The second kappa shape index (κ2) is 8.58. The number of fused-ring (bicyclic) bond motifs is 1. The molecule has 0 aliphatic carbocycles. The molecule has 1 aliphatic rings. The van der Waals surface area contributed by atoms with Crippen LogP contribution in [-0.4, -0.2) is 52.4 Å². The summed E-state index contributed by atoms with van der Waals surface area (Å²) < 4.78 is 5.26. The maximum atomic E-state index is 12.6. The average Bonchev–Trinajstić information content (AvgIpc) is 2.62. The highest BCUT2D eigenvalue weighted by Crippen LogP contribution is 2.16. The molecular formula is C20H27N3O3. The number of β-amino-alcohol motifs (C(OH)–C–C–N with tert-alkyl or cyclic N) is 1. The van der Waals surface area contributed by atoms with Gasteiger partial charge in [0.2, 0.25) is 0 Å². The fourth-order valence-electron chi connectivity index (χ4n) is 3.37. The van der Waals surface area contributed by atoms with E-state index in [0.29, 0.717) is 44.1 Å². The van der Waals surface area contributed by atoms with Gasteiger partial charge in [-0.15, -0.1) is 0 Å². The van der Waals surface area contributed by atoms with Crippen molar-refractivity contribution in [2.75, 3.05) is 26.3 Å². The average molecular weight is 357 g/mol. The molecular weight excluding hydrogens is 330 g/mol. The number of benzene rings is 1. The maximum absolute atomic E-state index is 12.6. The predicted octanol–water partition coefficient (Wildman–Crippen LogP) is 1.42. The topological polar surface area (TPSA) is 78.5 Å². The zero-order valence-electron chi connectivity index (χ0n) is 15.5. The first-order chi connectivity index (χ1) is 12.6. The van der Waals surface area contributed by atoms with Gasteiger partial charge in [0.1, 0.15) is 5.82 Å². The summed E-state index contributed by atoms with van der Waals surface area (Å²) in [5.41, 5.74) is 3.90. The summed E-state index contributed by atoms with van der Waals surface area (Å²) in [7, 11) is 0. The van der Waals surface area contributed by atoms with Gasteiger partial charge < -0.3 is 14.8 Å². The van der Waals surface area contributed by atoms with Crippen molar-refractivity contribution >= 4 is 0 Å². The number of rotatable bonds is 7. The van der Waals surface area contributed by atoms with E-state index in [-0.39, 0.29) is 5.56 Å². The van der Waals surface area contributed by atoms with E-state index in [4.69, 9.17) is 9.72 Å². The van der Waals surface area contributed by atoms with Crippen LogP contribution in [0, 0.1) is 6.92 Å². The lowest BCUT2D eigenvalue weighted by Crippen LogP contribution is -2.41. The molecule has 2 aromatic rings. The Kier molecular flexibility index (Phi) is 6.19. The lowest BCUT2D eigenvalue weighted by Gasteiger charge is -2.29. The summed E-state index contributed by atoms with van der Waals surface area (Å²) in [6, 6.07) is 8.15. The van der Waals surface area contributed by atoms with Gasteiger partial charge in [-0.3, -0.25) is 9.69 Å². The van der Waals surface area contributed by atoms with Crippen molar-refractivity contribution in [2.45, 2.75) is 39.3 Å². The van der Waals surface area contributed by atoms with Gasteiger partial charge in [0.25, 0.3) is 5.56 Å². The molecule has 1 aromatic heterocycles. The van der Waals surface area contributed by atoms with Crippen LogP contribution in [0.2, 0.25) is 0 Å². The minimum atomic E-state index is -0.538. The number of nitrogens with zero attached hydrogens (tertiary/aromatic N) is 2. The lowest BCUT2D eigenvalue weighted by atomic mass is 10.0. The Morgan fingerprint density at radius 3 is 2.96 bits per heavy atom. The van der Waals surface area contributed by atoms with E-state index in [1.165, 1.54) is 11.1 Å². The highest BCUT2D eigenvalue weighted by atomic mass is 16.5. The third-order valence-electron chi connectivity index (χ3n) is 4.80. The number of aliphatic hydroxyl groups excluding tert-OH is 1. The van der Waals surface area contributed by atoms with Crippen molar-refractivity contribution in [1.82, 2.24) is 14.9 Å². The number of H-pyrrole nitrogens is 1. The van der Waals surface area contributed by atoms with E-state index in [9.17, 15) is 9.90 Å². The minimum Gasteiger partial charge on any atom is -0.389 e. The summed E-state index contributed by atoms with van der Waals surface area (Å²) in [5.74, 6) is 0.716. The Bertz CT molecular complexity index is 803. The van der Waals surface area contributed by atoms with Gasteiger partial charge in [-0.2, -0.15) is 0 Å². The third kappa shape index (κ3) is 4.58. The van der Waals surface area contributed by atoms with E-state index < -0.39 is 6.10 Å². The Balaban J connectivity index is 1.71. The Hall–Kier alpha value is -2.02. The summed E-state index contributed by atoms with van der Waals surface area (Å²) in [6.07, 6.45) is 0.816. The smallest absolute Gasteiger partial charge is 0.255 e. The van der Waals surface area contributed by atoms with Gasteiger partial charge in [0.15, 0.2) is 0 Å². The van der Waals surface area contributed by atoms with Crippen LogP contribution in [0.4, 0.5) is 0 Å². The van der Waals surface area contributed by atoms with E-state index in [0.717, 1.165) is 18.7 Å². The highest BCUT2D eigenvalue weighted by Gasteiger charge is 2.23. The van der Waals surface area contributed by atoms with E-state index in [1.807, 2.05) is 19.1 Å². The van der Waals surface area contributed by atoms with Gasteiger partial charge >= 0.3 is 0 Å². The third-order valence-corrected chi connectivity index (χ3v) is 4.80. The SMILES string of the molecule is CCOCC(O)CN1CCc2nc(Cc3ccccc3C)[nH]c(=O)c2C1. The molecule has 6 heteroatoms. The first kappa shape index (κ1) is 18.8. The molecule has 0 fully saturated rings. The quantitative estimate of drug-likeness (QED) is 0.784. The van der Waals surface area contributed by atoms with Crippen LogP contribution in [0.1, 0.15) is 35.1 Å². The van der Waals surface area contributed by atoms with Crippen molar-refractivity contribution < 1.29 is 9.84 Å². The molecule has 3 rings (SSSR count). The second-order valence-electron chi connectivity index (χ2n) is 6.84. The molecule has 0 saturated carbocycles. The number of aromatic nitrogens is 2. The van der Waals surface area contributed by atoms with E-state index in [2.05, 4.69) is 28.9 Å². The molecule has 1 unspecified atom stereocenters. The number of ether oxygens (including phenoxy) is 1. The van der Waals surface area contributed by atoms with Crippen LogP contribution in [0.3, 0.4) is 0 Å². The van der Waals surface area contributed by atoms with E-state index >= 15 is 0 Å². The largest absolute Gasteiger partial charge is 0.389 e. The highest BCUT2D eigenvalue weighted by molar-refractivity contribution is 5.29. The number of hydrogen-bond acceptors (Lipinski definition) is 5. The molecule has 26 heavy (non-hydrogen) atoms. The van der Waals surface area contributed by atoms with Gasteiger partial charge in [-0.05, 0) is 25.0 Å². The van der Waals surface area contributed by atoms with Crippen LogP contribution in [-0.2, 0) is 24.1 Å². The fourth-order valence-corrected chi connectivity index (χ4v) is 3.37. The Morgan fingerprint density at radius 2 is 2.19 bits per heavy atom. The monoisotopic (exact) mass is 357 g/mol.